The SMILES string of the molecule is C=C1CCC(=O)N1OC(=O)CCOCCOCCC. The van der Waals surface area contributed by atoms with E-state index in [1.807, 2.05) is 6.92 Å². The van der Waals surface area contributed by atoms with E-state index in [4.69, 9.17) is 14.3 Å². The third-order valence-corrected chi connectivity index (χ3v) is 2.51. The topological polar surface area (TPSA) is 65.1 Å². The fourth-order valence-electron chi connectivity index (χ4n) is 1.52. The van der Waals surface area contributed by atoms with E-state index in [0.717, 1.165) is 11.5 Å². The molecule has 1 fully saturated rings. The molecule has 1 heterocycles. The van der Waals surface area contributed by atoms with Crippen LogP contribution in [0.5, 0.6) is 0 Å². The van der Waals surface area contributed by atoms with Gasteiger partial charge in [0.05, 0.1) is 31.9 Å². The second-order valence-corrected chi connectivity index (χ2v) is 4.19. The van der Waals surface area contributed by atoms with Gasteiger partial charge in [0.15, 0.2) is 0 Å². The molecule has 0 aromatic carbocycles. The van der Waals surface area contributed by atoms with Gasteiger partial charge < -0.3 is 14.3 Å². The quantitative estimate of drug-likeness (QED) is 0.593. The summed E-state index contributed by atoms with van der Waals surface area (Å²) in [6.45, 7) is 7.62. The van der Waals surface area contributed by atoms with Gasteiger partial charge in [-0.1, -0.05) is 13.5 Å². The molecule has 6 nitrogen and oxygen atoms in total. The Labute approximate surface area is 113 Å². The maximum Gasteiger partial charge on any atom is 0.335 e. The van der Waals surface area contributed by atoms with Crippen molar-refractivity contribution in [3.63, 3.8) is 0 Å². The van der Waals surface area contributed by atoms with E-state index in [9.17, 15) is 9.59 Å². The number of hydroxylamine groups is 2. The molecule has 1 amide bonds. The van der Waals surface area contributed by atoms with Crippen LogP contribution in [0.1, 0.15) is 32.6 Å². The number of carbonyl (C=O) groups is 2. The summed E-state index contributed by atoms with van der Waals surface area (Å²) in [6.07, 6.45) is 1.96. The summed E-state index contributed by atoms with van der Waals surface area (Å²) in [7, 11) is 0. The third kappa shape index (κ3) is 5.85. The van der Waals surface area contributed by atoms with Crippen molar-refractivity contribution in [1.82, 2.24) is 5.06 Å². The zero-order valence-electron chi connectivity index (χ0n) is 11.4. The highest BCUT2D eigenvalue weighted by Crippen LogP contribution is 2.20. The van der Waals surface area contributed by atoms with Gasteiger partial charge in [-0.25, -0.2) is 4.79 Å². The molecule has 108 valence electrons. The number of allylic oxidation sites excluding steroid dienone is 1. The Morgan fingerprint density at radius 2 is 1.89 bits per heavy atom. The number of amides is 1. The Morgan fingerprint density at radius 3 is 2.47 bits per heavy atom. The van der Waals surface area contributed by atoms with Crippen LogP contribution >= 0.6 is 0 Å². The van der Waals surface area contributed by atoms with Gasteiger partial charge in [-0.3, -0.25) is 4.79 Å². The van der Waals surface area contributed by atoms with E-state index in [-0.39, 0.29) is 18.9 Å². The number of rotatable bonds is 9. The van der Waals surface area contributed by atoms with Gasteiger partial charge in [0.2, 0.25) is 0 Å². The minimum atomic E-state index is -0.495. The molecule has 1 aliphatic rings. The molecule has 0 aliphatic carbocycles. The highest BCUT2D eigenvalue weighted by atomic mass is 16.7. The van der Waals surface area contributed by atoms with Crippen LogP contribution in [-0.4, -0.2) is 43.4 Å². The molecule has 0 radical (unpaired) electrons. The van der Waals surface area contributed by atoms with Crippen molar-refractivity contribution in [2.45, 2.75) is 32.6 Å². The summed E-state index contributed by atoms with van der Waals surface area (Å²) in [5.74, 6) is -0.724. The minimum absolute atomic E-state index is 0.102. The Hall–Kier alpha value is -1.40. The van der Waals surface area contributed by atoms with Gasteiger partial charge in [-0.05, 0) is 12.8 Å². The van der Waals surface area contributed by atoms with E-state index in [2.05, 4.69) is 6.58 Å². The van der Waals surface area contributed by atoms with Gasteiger partial charge >= 0.3 is 5.97 Å². The maximum absolute atomic E-state index is 11.5. The van der Waals surface area contributed by atoms with E-state index >= 15 is 0 Å². The van der Waals surface area contributed by atoms with Crippen LogP contribution < -0.4 is 0 Å². The van der Waals surface area contributed by atoms with Crippen molar-refractivity contribution >= 4 is 11.9 Å². The molecule has 1 rings (SSSR count). The lowest BCUT2D eigenvalue weighted by Crippen LogP contribution is -2.27. The second-order valence-electron chi connectivity index (χ2n) is 4.19. The summed E-state index contributed by atoms with van der Waals surface area (Å²) < 4.78 is 10.4. The highest BCUT2D eigenvalue weighted by molar-refractivity contribution is 5.82. The standard InChI is InChI=1S/C13H21NO5/c1-3-7-17-9-10-18-8-6-13(16)19-14-11(2)4-5-12(14)15/h2-10H2,1H3. The number of hydrogen-bond donors (Lipinski definition) is 0. The van der Waals surface area contributed by atoms with Crippen molar-refractivity contribution in [1.29, 1.82) is 0 Å². The second kappa shape index (κ2) is 8.66. The van der Waals surface area contributed by atoms with Crippen molar-refractivity contribution in [2.24, 2.45) is 0 Å². The highest BCUT2D eigenvalue weighted by Gasteiger charge is 2.27. The van der Waals surface area contributed by atoms with Crippen LogP contribution in [0.15, 0.2) is 12.3 Å². The van der Waals surface area contributed by atoms with Crippen LogP contribution in [0.3, 0.4) is 0 Å². The Morgan fingerprint density at radius 1 is 1.21 bits per heavy atom. The van der Waals surface area contributed by atoms with Crippen LogP contribution in [0.2, 0.25) is 0 Å². The first-order valence-electron chi connectivity index (χ1n) is 6.52. The smallest absolute Gasteiger partial charge is 0.335 e. The number of ether oxygens (including phenoxy) is 2. The molecular formula is C13H21NO5. The van der Waals surface area contributed by atoms with Crippen molar-refractivity contribution in [3.8, 4) is 0 Å². The molecule has 19 heavy (non-hydrogen) atoms. The molecular weight excluding hydrogens is 250 g/mol. The van der Waals surface area contributed by atoms with Crippen molar-refractivity contribution in [3.05, 3.63) is 12.3 Å². The monoisotopic (exact) mass is 271 g/mol. The van der Waals surface area contributed by atoms with Crippen LogP contribution in [-0.2, 0) is 23.9 Å². The molecule has 1 saturated heterocycles. The first-order chi connectivity index (χ1) is 9.15. The van der Waals surface area contributed by atoms with E-state index in [1.165, 1.54) is 0 Å². The number of hydrogen-bond acceptors (Lipinski definition) is 5. The minimum Gasteiger partial charge on any atom is -0.379 e. The molecule has 6 heteroatoms. The predicted molar refractivity (Wildman–Crippen MR) is 67.9 cm³/mol. The molecule has 1 aliphatic heterocycles. The van der Waals surface area contributed by atoms with Crippen molar-refractivity contribution < 1.29 is 23.9 Å². The van der Waals surface area contributed by atoms with Crippen LogP contribution in [0.4, 0.5) is 0 Å². The number of carbonyl (C=O) groups excluding carboxylic acids is 2. The Balaban J connectivity index is 2.05. The average molecular weight is 271 g/mol. The molecule has 0 spiro atoms. The van der Waals surface area contributed by atoms with Gasteiger partial charge in [-0.15, -0.1) is 5.06 Å². The fraction of sp³-hybridized carbons (Fsp3) is 0.692. The first kappa shape index (κ1) is 15.7. The summed E-state index contributed by atoms with van der Waals surface area (Å²) in [6, 6.07) is 0. The molecule has 0 unspecified atom stereocenters. The third-order valence-electron chi connectivity index (χ3n) is 2.51. The average Bonchev–Trinajstić information content (AvgIpc) is 2.69. The molecule has 0 saturated carbocycles. The van der Waals surface area contributed by atoms with Crippen LogP contribution in [0.25, 0.3) is 0 Å². The van der Waals surface area contributed by atoms with E-state index in [0.29, 0.717) is 38.4 Å². The summed E-state index contributed by atoms with van der Waals surface area (Å²) in [5.41, 5.74) is 0.521. The van der Waals surface area contributed by atoms with E-state index in [1.54, 1.807) is 0 Å². The summed E-state index contributed by atoms with van der Waals surface area (Å²) >= 11 is 0. The van der Waals surface area contributed by atoms with E-state index < -0.39 is 5.97 Å². The molecule has 0 N–H and O–H groups in total. The van der Waals surface area contributed by atoms with Crippen molar-refractivity contribution in [2.75, 3.05) is 26.4 Å². The number of nitrogens with zero attached hydrogens (tertiary/aromatic N) is 1. The summed E-state index contributed by atoms with van der Waals surface area (Å²) in [4.78, 5) is 27.7. The van der Waals surface area contributed by atoms with Gasteiger partial charge in [0.25, 0.3) is 5.91 Å². The van der Waals surface area contributed by atoms with Crippen LogP contribution in [0, 0.1) is 0 Å². The first-order valence-corrected chi connectivity index (χ1v) is 6.52. The maximum atomic E-state index is 11.5. The predicted octanol–water partition coefficient (Wildman–Crippen LogP) is 1.41. The summed E-state index contributed by atoms with van der Waals surface area (Å²) in [5, 5.41) is 0.979. The van der Waals surface area contributed by atoms with Gasteiger partial charge in [0, 0.05) is 13.0 Å². The normalized spacial score (nSPS) is 15.1. The molecule has 0 atom stereocenters. The molecule has 0 aromatic heterocycles. The van der Waals surface area contributed by atoms with Gasteiger partial charge in [0.1, 0.15) is 0 Å². The lowest BCUT2D eigenvalue weighted by molar-refractivity contribution is -0.187. The lowest BCUT2D eigenvalue weighted by Gasteiger charge is -2.15. The lowest BCUT2D eigenvalue weighted by atomic mass is 10.3. The fourth-order valence-corrected chi connectivity index (χ4v) is 1.52. The Kier molecular flexibility index (Phi) is 7.14. The Bertz CT molecular complexity index is 313. The zero-order chi connectivity index (χ0) is 14.1. The molecule has 0 bridgehead atoms. The zero-order valence-corrected chi connectivity index (χ0v) is 11.4. The largest absolute Gasteiger partial charge is 0.379 e. The van der Waals surface area contributed by atoms with Gasteiger partial charge in [-0.2, -0.15) is 0 Å². The molecule has 0 aromatic rings.